The van der Waals surface area contributed by atoms with Gasteiger partial charge in [0.25, 0.3) is 0 Å². The molecule has 2 aromatic rings. The number of ether oxygens (including phenoxy) is 1. The smallest absolute Gasteiger partial charge is 0.157 e. The van der Waals surface area contributed by atoms with Gasteiger partial charge in [0, 0.05) is 23.2 Å². The minimum Gasteiger partial charge on any atom is -0.384 e. The molecule has 1 heterocycles. The molecular formula is C12H11BrFN3O. The Bertz CT molecular complexity index is 577. The van der Waals surface area contributed by atoms with E-state index in [9.17, 15) is 4.39 Å². The third-order valence-corrected chi connectivity index (χ3v) is 2.76. The van der Waals surface area contributed by atoms with Crippen molar-refractivity contribution in [2.75, 3.05) is 12.8 Å². The Hall–Kier alpha value is -1.53. The minimum atomic E-state index is -0.361. The predicted octanol–water partition coefficient (Wildman–Crippen LogP) is 2.77. The van der Waals surface area contributed by atoms with Gasteiger partial charge in [0.2, 0.25) is 0 Å². The Balaban J connectivity index is 2.52. The van der Waals surface area contributed by atoms with Crippen molar-refractivity contribution in [3.8, 4) is 11.3 Å². The SMILES string of the molecule is COCc1nc(N)cc(-c2cc(Br)ccc2F)n1. The van der Waals surface area contributed by atoms with Crippen molar-refractivity contribution in [2.45, 2.75) is 6.61 Å². The van der Waals surface area contributed by atoms with Gasteiger partial charge in [0.15, 0.2) is 5.82 Å². The second-order valence-corrected chi connectivity index (χ2v) is 4.57. The lowest BCUT2D eigenvalue weighted by atomic mass is 10.1. The van der Waals surface area contributed by atoms with Crippen LogP contribution in [0.5, 0.6) is 0 Å². The van der Waals surface area contributed by atoms with Gasteiger partial charge in [-0.25, -0.2) is 14.4 Å². The maximum atomic E-state index is 13.8. The first kappa shape index (κ1) is 12.9. The van der Waals surface area contributed by atoms with E-state index in [2.05, 4.69) is 25.9 Å². The van der Waals surface area contributed by atoms with E-state index in [1.165, 1.54) is 19.2 Å². The molecule has 94 valence electrons. The number of benzene rings is 1. The molecule has 6 heteroatoms. The van der Waals surface area contributed by atoms with Crippen LogP contribution in [0.4, 0.5) is 10.2 Å². The average Bonchev–Trinajstić information content (AvgIpc) is 2.32. The molecule has 0 amide bonds. The molecule has 0 aliphatic heterocycles. The zero-order chi connectivity index (χ0) is 13.1. The van der Waals surface area contributed by atoms with Gasteiger partial charge in [-0.05, 0) is 18.2 Å². The van der Waals surface area contributed by atoms with Crippen molar-refractivity contribution in [3.05, 3.63) is 40.4 Å². The fraction of sp³-hybridized carbons (Fsp3) is 0.167. The van der Waals surface area contributed by atoms with E-state index in [4.69, 9.17) is 10.5 Å². The highest BCUT2D eigenvalue weighted by molar-refractivity contribution is 9.10. The first-order valence-corrected chi connectivity index (χ1v) is 5.97. The van der Waals surface area contributed by atoms with E-state index < -0.39 is 0 Å². The van der Waals surface area contributed by atoms with Gasteiger partial charge in [-0.3, -0.25) is 0 Å². The van der Waals surface area contributed by atoms with Crippen LogP contribution < -0.4 is 5.73 Å². The van der Waals surface area contributed by atoms with Crippen molar-refractivity contribution >= 4 is 21.7 Å². The Kier molecular flexibility index (Phi) is 3.88. The molecule has 0 saturated heterocycles. The van der Waals surface area contributed by atoms with E-state index in [-0.39, 0.29) is 18.2 Å². The third kappa shape index (κ3) is 2.83. The molecule has 18 heavy (non-hydrogen) atoms. The van der Waals surface area contributed by atoms with Gasteiger partial charge in [-0.15, -0.1) is 0 Å². The average molecular weight is 312 g/mol. The molecule has 1 aromatic carbocycles. The third-order valence-electron chi connectivity index (χ3n) is 2.27. The van der Waals surface area contributed by atoms with Crippen LogP contribution in [0, 0.1) is 5.82 Å². The zero-order valence-electron chi connectivity index (χ0n) is 9.65. The fourth-order valence-electron chi connectivity index (χ4n) is 1.54. The largest absolute Gasteiger partial charge is 0.384 e. The Morgan fingerprint density at radius 3 is 2.83 bits per heavy atom. The highest BCUT2D eigenvalue weighted by Gasteiger charge is 2.10. The van der Waals surface area contributed by atoms with Crippen molar-refractivity contribution in [3.63, 3.8) is 0 Å². The summed E-state index contributed by atoms with van der Waals surface area (Å²) in [4.78, 5) is 8.23. The van der Waals surface area contributed by atoms with E-state index in [0.717, 1.165) is 4.47 Å². The molecule has 2 N–H and O–H groups in total. The molecule has 1 aromatic heterocycles. The normalized spacial score (nSPS) is 10.6. The predicted molar refractivity (Wildman–Crippen MR) is 70.3 cm³/mol. The number of halogens is 2. The Morgan fingerprint density at radius 1 is 1.33 bits per heavy atom. The van der Waals surface area contributed by atoms with Crippen molar-refractivity contribution in [2.24, 2.45) is 0 Å². The summed E-state index contributed by atoms with van der Waals surface area (Å²) in [5, 5.41) is 0. The highest BCUT2D eigenvalue weighted by Crippen LogP contribution is 2.25. The monoisotopic (exact) mass is 311 g/mol. The summed E-state index contributed by atoms with van der Waals surface area (Å²) in [5.74, 6) is 0.345. The summed E-state index contributed by atoms with van der Waals surface area (Å²) in [6.07, 6.45) is 0. The van der Waals surface area contributed by atoms with Crippen LogP contribution in [0.15, 0.2) is 28.7 Å². The van der Waals surface area contributed by atoms with Gasteiger partial charge < -0.3 is 10.5 Å². The summed E-state index contributed by atoms with van der Waals surface area (Å²) in [7, 11) is 1.53. The van der Waals surface area contributed by atoms with Crippen LogP contribution in [-0.4, -0.2) is 17.1 Å². The highest BCUT2D eigenvalue weighted by atomic mass is 79.9. The Labute approximate surface area is 112 Å². The quantitative estimate of drug-likeness (QED) is 0.947. The van der Waals surface area contributed by atoms with Crippen molar-refractivity contribution in [1.82, 2.24) is 9.97 Å². The Morgan fingerprint density at radius 2 is 2.11 bits per heavy atom. The molecule has 0 atom stereocenters. The molecule has 0 spiro atoms. The summed E-state index contributed by atoms with van der Waals surface area (Å²) < 4.78 is 19.5. The van der Waals surface area contributed by atoms with Gasteiger partial charge in [0.05, 0.1) is 5.69 Å². The number of nitrogens with two attached hydrogens (primary N) is 1. The van der Waals surface area contributed by atoms with Crippen LogP contribution >= 0.6 is 15.9 Å². The summed E-state index contributed by atoms with van der Waals surface area (Å²) in [6, 6.07) is 6.17. The molecule has 0 radical (unpaired) electrons. The van der Waals surface area contributed by atoms with Gasteiger partial charge in [-0.1, -0.05) is 15.9 Å². The first-order valence-electron chi connectivity index (χ1n) is 5.18. The van der Waals surface area contributed by atoms with Crippen molar-refractivity contribution in [1.29, 1.82) is 0 Å². The van der Waals surface area contributed by atoms with Gasteiger partial charge >= 0.3 is 0 Å². The molecule has 0 aliphatic rings. The standard InChI is InChI=1S/C12H11BrFN3O/c1-18-6-12-16-10(5-11(15)17-12)8-4-7(13)2-3-9(8)14/h2-5H,6H2,1H3,(H2,15,16,17). The van der Waals surface area contributed by atoms with Crippen LogP contribution in [0.3, 0.4) is 0 Å². The first-order chi connectivity index (χ1) is 8.60. The summed E-state index contributed by atoms with van der Waals surface area (Å²) in [6.45, 7) is 0.230. The minimum absolute atomic E-state index is 0.230. The van der Waals surface area contributed by atoms with Gasteiger partial charge in [0.1, 0.15) is 18.2 Å². The number of nitrogen functional groups attached to an aromatic ring is 1. The van der Waals surface area contributed by atoms with Crippen LogP contribution in [0.2, 0.25) is 0 Å². The topological polar surface area (TPSA) is 61.0 Å². The number of nitrogens with zero attached hydrogens (tertiary/aromatic N) is 2. The molecule has 0 bridgehead atoms. The van der Waals surface area contributed by atoms with E-state index >= 15 is 0 Å². The molecule has 0 fully saturated rings. The van der Waals surface area contributed by atoms with Crippen LogP contribution in [0.1, 0.15) is 5.82 Å². The number of anilines is 1. The fourth-order valence-corrected chi connectivity index (χ4v) is 1.90. The molecule has 4 nitrogen and oxygen atoms in total. The number of aromatic nitrogens is 2. The summed E-state index contributed by atoms with van der Waals surface area (Å²) >= 11 is 3.30. The van der Waals surface area contributed by atoms with Crippen LogP contribution in [0.25, 0.3) is 11.3 Å². The number of hydrogen-bond acceptors (Lipinski definition) is 4. The lowest BCUT2D eigenvalue weighted by Gasteiger charge is -2.07. The van der Waals surface area contributed by atoms with E-state index in [1.54, 1.807) is 12.1 Å². The lowest BCUT2D eigenvalue weighted by molar-refractivity contribution is 0.178. The zero-order valence-corrected chi connectivity index (χ0v) is 11.2. The molecule has 0 aliphatic carbocycles. The summed E-state index contributed by atoms with van der Waals surface area (Å²) in [5.41, 5.74) is 6.48. The maximum Gasteiger partial charge on any atom is 0.157 e. The van der Waals surface area contributed by atoms with E-state index in [1.807, 2.05) is 0 Å². The number of rotatable bonds is 3. The van der Waals surface area contributed by atoms with Crippen molar-refractivity contribution < 1.29 is 9.13 Å². The second-order valence-electron chi connectivity index (χ2n) is 3.65. The molecule has 0 unspecified atom stereocenters. The molecule has 2 rings (SSSR count). The van der Waals surface area contributed by atoms with Gasteiger partial charge in [-0.2, -0.15) is 0 Å². The van der Waals surface area contributed by atoms with Crippen LogP contribution in [-0.2, 0) is 11.3 Å². The number of methoxy groups -OCH3 is 1. The second kappa shape index (κ2) is 5.41. The maximum absolute atomic E-state index is 13.8. The molecular weight excluding hydrogens is 301 g/mol. The lowest BCUT2D eigenvalue weighted by Crippen LogP contribution is -2.03. The number of hydrogen-bond donors (Lipinski definition) is 1. The van der Waals surface area contributed by atoms with E-state index in [0.29, 0.717) is 17.1 Å². The molecule has 0 saturated carbocycles.